The quantitative estimate of drug-likeness (QED) is 0.545. The van der Waals surface area contributed by atoms with Crippen molar-refractivity contribution in [3.63, 3.8) is 0 Å². The number of hydrogen-bond donors (Lipinski definition) is 1. The van der Waals surface area contributed by atoms with E-state index in [1.165, 1.54) is 0 Å². The molecule has 0 aliphatic carbocycles. The molecule has 0 bridgehead atoms. The first-order valence-electron chi connectivity index (χ1n) is 10.6. The van der Waals surface area contributed by atoms with Crippen molar-refractivity contribution < 1.29 is 14.3 Å². The first kappa shape index (κ1) is 23.3. The maximum atomic E-state index is 12.9. The predicted octanol–water partition coefficient (Wildman–Crippen LogP) is 4.32. The molecule has 0 radical (unpaired) electrons. The molecule has 3 aromatic rings. The number of para-hydroxylation sites is 1. The second kappa shape index (κ2) is 10.8. The van der Waals surface area contributed by atoms with E-state index in [9.17, 15) is 4.79 Å². The predicted molar refractivity (Wildman–Crippen MR) is 126 cm³/mol. The van der Waals surface area contributed by atoms with Crippen molar-refractivity contribution in [1.82, 2.24) is 15.2 Å². The maximum absolute atomic E-state index is 12.9. The number of amides is 1. The number of methoxy groups -OCH3 is 1. The number of aromatic nitrogens is 1. The molecule has 0 spiro atoms. The molecule has 1 atom stereocenters. The van der Waals surface area contributed by atoms with Crippen molar-refractivity contribution in [2.24, 2.45) is 0 Å². The highest BCUT2D eigenvalue weighted by Gasteiger charge is 2.20. The van der Waals surface area contributed by atoms with Crippen molar-refractivity contribution >= 4 is 5.91 Å². The van der Waals surface area contributed by atoms with Crippen LogP contribution in [0.1, 0.15) is 38.7 Å². The van der Waals surface area contributed by atoms with Crippen LogP contribution in [0, 0.1) is 13.8 Å². The molecule has 1 unspecified atom stereocenters. The Morgan fingerprint density at radius 2 is 1.81 bits per heavy atom. The Hall–Kier alpha value is -3.38. The monoisotopic (exact) mass is 433 g/mol. The normalized spacial score (nSPS) is 11.8. The fraction of sp³-hybridized carbons (Fsp3) is 0.308. The van der Waals surface area contributed by atoms with E-state index in [4.69, 9.17) is 9.47 Å². The topological polar surface area (TPSA) is 63.7 Å². The first-order valence-corrected chi connectivity index (χ1v) is 10.6. The van der Waals surface area contributed by atoms with Gasteiger partial charge in [0, 0.05) is 35.6 Å². The molecule has 3 rings (SSSR count). The van der Waals surface area contributed by atoms with Crippen LogP contribution in [0.25, 0.3) is 0 Å². The van der Waals surface area contributed by atoms with Crippen LogP contribution in [0.4, 0.5) is 0 Å². The average Bonchev–Trinajstić information content (AvgIpc) is 2.79. The molecule has 1 N–H and O–H groups in total. The molecule has 1 heterocycles. The number of nitrogens with one attached hydrogen (secondary N) is 1. The van der Waals surface area contributed by atoms with Gasteiger partial charge in [-0.05, 0) is 63.3 Å². The minimum Gasteiger partial charge on any atom is -0.496 e. The summed E-state index contributed by atoms with van der Waals surface area (Å²) in [5.74, 6) is 1.49. The third-order valence-corrected chi connectivity index (χ3v) is 5.41. The van der Waals surface area contributed by atoms with E-state index in [1.807, 2.05) is 76.5 Å². The highest BCUT2D eigenvalue weighted by molar-refractivity contribution is 5.95. The van der Waals surface area contributed by atoms with E-state index >= 15 is 0 Å². The molecule has 1 amide bonds. The average molecular weight is 434 g/mol. The Labute approximate surface area is 190 Å². The Bertz CT molecular complexity index is 1030. The van der Waals surface area contributed by atoms with Crippen molar-refractivity contribution in [2.45, 2.75) is 26.5 Å². The number of rotatable bonds is 9. The number of pyridine rings is 1. The number of benzene rings is 2. The number of carbonyl (C=O) groups excluding carboxylic acids is 1. The van der Waals surface area contributed by atoms with E-state index in [0.717, 1.165) is 33.8 Å². The summed E-state index contributed by atoms with van der Waals surface area (Å²) in [6, 6.07) is 15.5. The molecule has 2 aromatic carbocycles. The van der Waals surface area contributed by atoms with Crippen LogP contribution in [-0.4, -0.2) is 43.5 Å². The van der Waals surface area contributed by atoms with Gasteiger partial charge in [0.2, 0.25) is 0 Å². The number of hydrogen-bond acceptors (Lipinski definition) is 5. The zero-order chi connectivity index (χ0) is 23.1. The van der Waals surface area contributed by atoms with Gasteiger partial charge in [-0.3, -0.25) is 9.78 Å². The van der Waals surface area contributed by atoms with Gasteiger partial charge >= 0.3 is 0 Å². The molecular weight excluding hydrogens is 402 g/mol. The van der Waals surface area contributed by atoms with Gasteiger partial charge in [-0.1, -0.05) is 24.3 Å². The fourth-order valence-electron chi connectivity index (χ4n) is 3.75. The molecule has 0 saturated heterocycles. The number of ether oxygens (including phenoxy) is 2. The molecule has 32 heavy (non-hydrogen) atoms. The summed E-state index contributed by atoms with van der Waals surface area (Å²) in [7, 11) is 5.64. The largest absolute Gasteiger partial charge is 0.496 e. The summed E-state index contributed by atoms with van der Waals surface area (Å²) in [4.78, 5) is 19.1. The molecule has 0 saturated carbocycles. The molecule has 6 nitrogen and oxygen atoms in total. The fourth-order valence-corrected chi connectivity index (χ4v) is 3.75. The van der Waals surface area contributed by atoms with Gasteiger partial charge in [0.25, 0.3) is 5.91 Å². The molecule has 0 aliphatic heterocycles. The number of likely N-dealkylation sites (N-methyl/N-ethyl adjacent to an activating group) is 1. The molecule has 0 aliphatic rings. The lowest BCUT2D eigenvalue weighted by atomic mass is 10.0. The third kappa shape index (κ3) is 5.65. The molecule has 168 valence electrons. The summed E-state index contributed by atoms with van der Waals surface area (Å²) < 4.78 is 11.5. The van der Waals surface area contributed by atoms with Crippen molar-refractivity contribution in [3.8, 4) is 11.5 Å². The summed E-state index contributed by atoms with van der Waals surface area (Å²) in [5, 5.41) is 3.08. The standard InChI is InChI=1S/C26H31N3O3/c1-18-13-21(14-19(2)25(18)32-17-20-9-8-12-27-15-20)26(30)28-16-23(29(3)4)22-10-6-7-11-24(22)31-5/h6-15,23H,16-17H2,1-5H3,(H,28,30). The van der Waals surface area contributed by atoms with E-state index in [0.29, 0.717) is 18.7 Å². The summed E-state index contributed by atoms with van der Waals surface area (Å²) in [6.07, 6.45) is 3.53. The number of nitrogens with zero attached hydrogens (tertiary/aromatic N) is 2. The van der Waals surface area contributed by atoms with Crippen molar-refractivity contribution in [3.05, 3.63) is 88.7 Å². The van der Waals surface area contributed by atoms with Gasteiger partial charge < -0.3 is 19.7 Å². The third-order valence-electron chi connectivity index (χ3n) is 5.41. The second-order valence-corrected chi connectivity index (χ2v) is 8.02. The number of carbonyl (C=O) groups is 1. The van der Waals surface area contributed by atoms with Crippen LogP contribution in [0.15, 0.2) is 60.9 Å². The van der Waals surface area contributed by atoms with Crippen molar-refractivity contribution in [2.75, 3.05) is 27.7 Å². The van der Waals surface area contributed by atoms with E-state index in [-0.39, 0.29) is 11.9 Å². The van der Waals surface area contributed by atoms with E-state index in [1.54, 1.807) is 19.5 Å². The Morgan fingerprint density at radius 1 is 1.09 bits per heavy atom. The molecular formula is C26H31N3O3. The van der Waals surface area contributed by atoms with Gasteiger partial charge in [-0.15, -0.1) is 0 Å². The molecule has 6 heteroatoms. The Balaban J connectivity index is 1.70. The minimum atomic E-state index is -0.114. The number of aryl methyl sites for hydroxylation is 2. The lowest BCUT2D eigenvalue weighted by Gasteiger charge is -2.26. The zero-order valence-electron chi connectivity index (χ0n) is 19.4. The van der Waals surface area contributed by atoms with E-state index in [2.05, 4.69) is 15.2 Å². The molecule has 0 fully saturated rings. The van der Waals surface area contributed by atoms with Gasteiger partial charge in [-0.25, -0.2) is 0 Å². The highest BCUT2D eigenvalue weighted by atomic mass is 16.5. The Morgan fingerprint density at radius 3 is 2.44 bits per heavy atom. The van der Waals surface area contributed by atoms with Crippen LogP contribution < -0.4 is 14.8 Å². The lowest BCUT2D eigenvalue weighted by molar-refractivity contribution is 0.0941. The van der Waals surface area contributed by atoms with Crippen LogP contribution in [0.2, 0.25) is 0 Å². The second-order valence-electron chi connectivity index (χ2n) is 8.02. The van der Waals surface area contributed by atoms with Gasteiger partial charge in [-0.2, -0.15) is 0 Å². The minimum absolute atomic E-state index is 0.0145. The molecule has 1 aromatic heterocycles. The summed E-state index contributed by atoms with van der Waals surface area (Å²) >= 11 is 0. The van der Waals surface area contributed by atoms with Crippen LogP contribution in [-0.2, 0) is 6.61 Å². The maximum Gasteiger partial charge on any atom is 0.251 e. The van der Waals surface area contributed by atoms with E-state index < -0.39 is 0 Å². The van der Waals surface area contributed by atoms with Crippen LogP contribution in [0.3, 0.4) is 0 Å². The smallest absolute Gasteiger partial charge is 0.251 e. The van der Waals surface area contributed by atoms with Crippen LogP contribution >= 0.6 is 0 Å². The van der Waals surface area contributed by atoms with Gasteiger partial charge in [0.15, 0.2) is 0 Å². The summed E-state index contributed by atoms with van der Waals surface area (Å²) in [5.41, 5.74) is 4.50. The Kier molecular flexibility index (Phi) is 7.84. The van der Waals surface area contributed by atoms with Crippen molar-refractivity contribution in [1.29, 1.82) is 0 Å². The van der Waals surface area contributed by atoms with Gasteiger partial charge in [0.05, 0.1) is 13.2 Å². The summed E-state index contributed by atoms with van der Waals surface area (Å²) in [6.45, 7) is 4.81. The van der Waals surface area contributed by atoms with Gasteiger partial charge in [0.1, 0.15) is 18.1 Å². The SMILES string of the molecule is COc1ccccc1C(CNC(=O)c1cc(C)c(OCc2cccnc2)c(C)c1)N(C)C. The zero-order valence-corrected chi connectivity index (χ0v) is 19.4. The highest BCUT2D eigenvalue weighted by Crippen LogP contribution is 2.28. The van der Waals surface area contributed by atoms with Crippen LogP contribution in [0.5, 0.6) is 11.5 Å². The first-order chi connectivity index (χ1) is 15.4. The lowest BCUT2D eigenvalue weighted by Crippen LogP contribution is -2.34.